The minimum Gasteiger partial charge on any atom is -0.379 e. The molecule has 0 saturated carbocycles. The van der Waals surface area contributed by atoms with Crippen LogP contribution in [-0.2, 0) is 14.3 Å². The van der Waals surface area contributed by atoms with Crippen LogP contribution in [-0.4, -0.2) is 64.0 Å². The lowest BCUT2D eigenvalue weighted by molar-refractivity contribution is -0.128. The van der Waals surface area contributed by atoms with E-state index in [-0.39, 0.29) is 17.4 Å². The van der Waals surface area contributed by atoms with Gasteiger partial charge in [0.1, 0.15) is 0 Å². The summed E-state index contributed by atoms with van der Waals surface area (Å²) in [4.78, 5) is 16.3. The molecule has 0 aromatic rings. The van der Waals surface area contributed by atoms with Crippen molar-refractivity contribution >= 4 is 11.9 Å². The number of hydrogen-bond acceptors (Lipinski definition) is 4. The lowest BCUT2D eigenvalue weighted by atomic mass is 9.96. The molecule has 1 amide bonds. The van der Waals surface area contributed by atoms with Gasteiger partial charge in [0.2, 0.25) is 5.91 Å². The highest BCUT2D eigenvalue weighted by Gasteiger charge is 2.20. The highest BCUT2D eigenvalue weighted by Crippen LogP contribution is 2.12. The van der Waals surface area contributed by atoms with Crippen molar-refractivity contribution in [1.29, 1.82) is 0 Å². The number of ether oxygens (including phenoxy) is 2. The maximum Gasteiger partial charge on any atom is 0.225 e. The van der Waals surface area contributed by atoms with Crippen LogP contribution < -0.4 is 16.0 Å². The van der Waals surface area contributed by atoms with Crippen LogP contribution in [0.5, 0.6) is 0 Å². The van der Waals surface area contributed by atoms with Gasteiger partial charge in [-0.25, -0.2) is 0 Å². The molecule has 0 spiro atoms. The molecule has 1 aliphatic heterocycles. The first-order chi connectivity index (χ1) is 11.9. The van der Waals surface area contributed by atoms with Crippen LogP contribution in [0.1, 0.15) is 47.0 Å². The van der Waals surface area contributed by atoms with Crippen molar-refractivity contribution in [2.45, 2.75) is 53.1 Å². The molecule has 0 radical (unpaired) electrons. The molecule has 1 aliphatic rings. The molecular formula is C18H36N4O3. The summed E-state index contributed by atoms with van der Waals surface area (Å²) in [7, 11) is 0. The molecule has 7 heteroatoms. The Morgan fingerprint density at radius 2 is 2.00 bits per heavy atom. The van der Waals surface area contributed by atoms with Gasteiger partial charge in [0.05, 0.1) is 12.7 Å². The molecule has 1 fully saturated rings. The monoisotopic (exact) mass is 356 g/mol. The van der Waals surface area contributed by atoms with Crippen molar-refractivity contribution in [1.82, 2.24) is 16.0 Å². The van der Waals surface area contributed by atoms with Crippen molar-refractivity contribution in [3.63, 3.8) is 0 Å². The average Bonchev–Trinajstić information content (AvgIpc) is 3.06. The van der Waals surface area contributed by atoms with Crippen molar-refractivity contribution in [2.24, 2.45) is 10.4 Å². The molecule has 0 bridgehead atoms. The first kappa shape index (κ1) is 21.7. The van der Waals surface area contributed by atoms with Crippen molar-refractivity contribution in [3.8, 4) is 0 Å². The number of carbonyl (C=O) groups is 1. The third-order valence-corrected chi connectivity index (χ3v) is 3.77. The Morgan fingerprint density at radius 3 is 2.64 bits per heavy atom. The first-order valence-electron chi connectivity index (χ1n) is 9.43. The van der Waals surface area contributed by atoms with Crippen molar-refractivity contribution in [3.05, 3.63) is 0 Å². The molecule has 7 nitrogen and oxygen atoms in total. The van der Waals surface area contributed by atoms with Gasteiger partial charge < -0.3 is 25.4 Å². The summed E-state index contributed by atoms with van der Waals surface area (Å²) in [6, 6.07) is 0. The molecular weight excluding hydrogens is 320 g/mol. The molecule has 1 unspecified atom stereocenters. The van der Waals surface area contributed by atoms with Crippen molar-refractivity contribution < 1.29 is 14.3 Å². The molecule has 3 N–H and O–H groups in total. The van der Waals surface area contributed by atoms with E-state index in [4.69, 9.17) is 9.47 Å². The van der Waals surface area contributed by atoms with E-state index in [0.29, 0.717) is 32.8 Å². The van der Waals surface area contributed by atoms with Crippen LogP contribution in [0.4, 0.5) is 0 Å². The quantitative estimate of drug-likeness (QED) is 0.312. The standard InChI is InChI=1S/C18H36N4O3/c1-5-19-17(22-11-10-20-16(23)18(2,3)4)21-9-7-12-24-14-15-8-6-13-25-15/h15H,5-14H2,1-4H3,(H,20,23)(H2,19,21,22). The van der Waals surface area contributed by atoms with E-state index in [1.54, 1.807) is 0 Å². The van der Waals surface area contributed by atoms with E-state index in [2.05, 4.69) is 20.9 Å². The van der Waals surface area contributed by atoms with E-state index in [0.717, 1.165) is 38.4 Å². The Balaban J connectivity index is 2.12. The second-order valence-electron chi connectivity index (χ2n) is 7.26. The molecule has 1 rings (SSSR count). The van der Waals surface area contributed by atoms with E-state index in [1.165, 1.54) is 0 Å². The van der Waals surface area contributed by atoms with Gasteiger partial charge in [-0.15, -0.1) is 0 Å². The maximum absolute atomic E-state index is 11.8. The van der Waals surface area contributed by atoms with E-state index in [1.807, 2.05) is 27.7 Å². The maximum atomic E-state index is 11.8. The van der Waals surface area contributed by atoms with Crippen LogP contribution in [0.15, 0.2) is 4.99 Å². The molecule has 146 valence electrons. The molecule has 25 heavy (non-hydrogen) atoms. The summed E-state index contributed by atoms with van der Waals surface area (Å²) < 4.78 is 11.2. The highest BCUT2D eigenvalue weighted by atomic mass is 16.5. The number of nitrogens with zero attached hydrogens (tertiary/aromatic N) is 1. The third kappa shape index (κ3) is 10.3. The highest BCUT2D eigenvalue weighted by molar-refractivity contribution is 5.81. The van der Waals surface area contributed by atoms with Crippen molar-refractivity contribution in [2.75, 3.05) is 46.0 Å². The zero-order chi connectivity index (χ0) is 18.5. The number of amides is 1. The van der Waals surface area contributed by atoms with Gasteiger partial charge in [-0.2, -0.15) is 0 Å². The Morgan fingerprint density at radius 1 is 1.24 bits per heavy atom. The third-order valence-electron chi connectivity index (χ3n) is 3.77. The number of nitrogens with one attached hydrogen (secondary N) is 3. The SMILES string of the molecule is CCNC(=NCCCOCC1CCCO1)NCCNC(=O)C(C)(C)C. The zero-order valence-electron chi connectivity index (χ0n) is 16.3. The molecule has 1 atom stereocenters. The van der Waals surface area contributed by atoms with Gasteiger partial charge in [0.25, 0.3) is 0 Å². The summed E-state index contributed by atoms with van der Waals surface area (Å²) in [6.45, 7) is 12.7. The smallest absolute Gasteiger partial charge is 0.225 e. The Kier molecular flexibility index (Phi) is 10.5. The number of carbonyl (C=O) groups excluding carboxylic acids is 1. The lowest BCUT2D eigenvalue weighted by Crippen LogP contribution is -2.43. The Labute approximate surface area is 152 Å². The van der Waals surface area contributed by atoms with Crippen LogP contribution in [0.25, 0.3) is 0 Å². The van der Waals surface area contributed by atoms with Gasteiger partial charge in [0, 0.05) is 44.8 Å². The molecule has 0 aliphatic carbocycles. The van der Waals surface area contributed by atoms with Crippen LogP contribution in [0, 0.1) is 5.41 Å². The fraction of sp³-hybridized carbons (Fsp3) is 0.889. The number of hydrogen-bond donors (Lipinski definition) is 3. The topological polar surface area (TPSA) is 84.0 Å². The molecule has 1 saturated heterocycles. The summed E-state index contributed by atoms with van der Waals surface area (Å²) >= 11 is 0. The van der Waals surface area contributed by atoms with Gasteiger partial charge in [-0.1, -0.05) is 20.8 Å². The van der Waals surface area contributed by atoms with Gasteiger partial charge in [-0.3, -0.25) is 9.79 Å². The summed E-state index contributed by atoms with van der Waals surface area (Å²) in [6.07, 6.45) is 3.42. The van der Waals surface area contributed by atoms with E-state index >= 15 is 0 Å². The largest absolute Gasteiger partial charge is 0.379 e. The van der Waals surface area contributed by atoms with Gasteiger partial charge in [0.15, 0.2) is 5.96 Å². The minimum atomic E-state index is -0.359. The fourth-order valence-electron chi connectivity index (χ4n) is 2.31. The molecule has 0 aromatic carbocycles. The zero-order valence-corrected chi connectivity index (χ0v) is 16.3. The fourth-order valence-corrected chi connectivity index (χ4v) is 2.31. The average molecular weight is 357 g/mol. The Bertz CT molecular complexity index is 402. The molecule has 0 aromatic heterocycles. The normalized spacial score (nSPS) is 18.2. The van der Waals surface area contributed by atoms with Crippen LogP contribution in [0.2, 0.25) is 0 Å². The van der Waals surface area contributed by atoms with Crippen LogP contribution >= 0.6 is 0 Å². The Hall–Kier alpha value is -1.34. The predicted molar refractivity (Wildman–Crippen MR) is 101 cm³/mol. The number of aliphatic imine (C=N–C) groups is 1. The summed E-state index contributed by atoms with van der Waals surface area (Å²) in [5.41, 5.74) is -0.359. The second-order valence-corrected chi connectivity index (χ2v) is 7.26. The number of rotatable bonds is 10. The second kappa shape index (κ2) is 12.1. The van der Waals surface area contributed by atoms with E-state index < -0.39 is 0 Å². The van der Waals surface area contributed by atoms with Gasteiger partial charge in [-0.05, 0) is 26.2 Å². The lowest BCUT2D eigenvalue weighted by Gasteiger charge is -2.18. The summed E-state index contributed by atoms with van der Waals surface area (Å²) in [5.74, 6) is 0.825. The molecule has 1 heterocycles. The summed E-state index contributed by atoms with van der Waals surface area (Å²) in [5, 5.41) is 9.34. The van der Waals surface area contributed by atoms with Gasteiger partial charge >= 0.3 is 0 Å². The van der Waals surface area contributed by atoms with E-state index in [9.17, 15) is 4.79 Å². The first-order valence-corrected chi connectivity index (χ1v) is 9.43. The van der Waals surface area contributed by atoms with Crippen LogP contribution in [0.3, 0.4) is 0 Å². The minimum absolute atomic E-state index is 0.0552. The number of guanidine groups is 1. The predicted octanol–water partition coefficient (Wildman–Crippen LogP) is 1.29.